The highest BCUT2D eigenvalue weighted by molar-refractivity contribution is 5.98. The molecule has 7 nitrogen and oxygen atoms in total. The molecule has 1 amide bonds. The van der Waals surface area contributed by atoms with E-state index in [1.165, 1.54) is 0 Å². The second-order valence-electron chi connectivity index (χ2n) is 6.87. The van der Waals surface area contributed by atoms with Crippen molar-refractivity contribution in [2.24, 2.45) is 0 Å². The summed E-state index contributed by atoms with van der Waals surface area (Å²) < 4.78 is 10.4. The van der Waals surface area contributed by atoms with Gasteiger partial charge in [-0.1, -0.05) is 24.4 Å². The predicted molar refractivity (Wildman–Crippen MR) is 96.1 cm³/mol. The Morgan fingerprint density at radius 1 is 1.27 bits per heavy atom. The second kappa shape index (κ2) is 6.48. The van der Waals surface area contributed by atoms with E-state index in [-0.39, 0.29) is 5.91 Å². The first-order valence-electron chi connectivity index (χ1n) is 8.90. The van der Waals surface area contributed by atoms with Gasteiger partial charge in [-0.3, -0.25) is 4.79 Å². The van der Waals surface area contributed by atoms with Crippen LogP contribution >= 0.6 is 0 Å². The molecule has 136 valence electrons. The molecule has 1 aromatic carbocycles. The van der Waals surface area contributed by atoms with Crippen LogP contribution < -0.4 is 10.1 Å². The Balaban J connectivity index is 1.64. The first kappa shape index (κ1) is 16.6. The average Bonchev–Trinajstić information content (AvgIpc) is 3.28. The van der Waals surface area contributed by atoms with E-state index < -0.39 is 5.54 Å². The summed E-state index contributed by atoms with van der Waals surface area (Å²) in [7, 11) is 1.62. The number of fused-ring (bicyclic) bond motifs is 1. The van der Waals surface area contributed by atoms with Gasteiger partial charge < -0.3 is 19.6 Å². The quantitative estimate of drug-likeness (QED) is 0.748. The number of rotatable bonds is 4. The fourth-order valence-electron chi connectivity index (χ4n) is 3.69. The van der Waals surface area contributed by atoms with Crippen LogP contribution in [0.1, 0.15) is 54.3 Å². The van der Waals surface area contributed by atoms with Crippen molar-refractivity contribution in [3.05, 3.63) is 41.7 Å². The summed E-state index contributed by atoms with van der Waals surface area (Å²) in [6.45, 7) is 1.76. The number of hydrogen-bond acceptors (Lipinski definition) is 5. The Labute approximate surface area is 151 Å². The minimum absolute atomic E-state index is 0.162. The molecular formula is C19H22N4O3. The number of aromatic nitrogens is 3. The molecule has 0 bridgehead atoms. The molecule has 1 saturated carbocycles. The first-order chi connectivity index (χ1) is 12.6. The molecule has 4 rings (SSSR count). The Hall–Kier alpha value is -2.83. The van der Waals surface area contributed by atoms with E-state index in [4.69, 9.17) is 9.26 Å². The maximum Gasteiger partial charge on any atom is 0.268 e. The SMILES string of the molecule is COc1ccc2cc(C(=O)NC3(c4noc(C)n4)CCCCC3)[nH]c2c1. The molecule has 2 heterocycles. The molecule has 2 N–H and O–H groups in total. The molecule has 0 spiro atoms. The summed E-state index contributed by atoms with van der Waals surface area (Å²) in [4.78, 5) is 20.5. The van der Waals surface area contributed by atoms with Crippen molar-refractivity contribution in [2.75, 3.05) is 7.11 Å². The summed E-state index contributed by atoms with van der Waals surface area (Å²) in [6, 6.07) is 7.54. The van der Waals surface area contributed by atoms with Gasteiger partial charge >= 0.3 is 0 Å². The third-order valence-electron chi connectivity index (χ3n) is 5.09. The normalized spacial score (nSPS) is 16.5. The molecule has 1 aliphatic rings. The molecular weight excluding hydrogens is 332 g/mol. The molecule has 7 heteroatoms. The second-order valence-corrected chi connectivity index (χ2v) is 6.87. The molecule has 0 radical (unpaired) electrons. The maximum absolute atomic E-state index is 13.0. The largest absolute Gasteiger partial charge is 0.497 e. The van der Waals surface area contributed by atoms with Crippen LogP contribution in [0.5, 0.6) is 5.75 Å². The first-order valence-corrected chi connectivity index (χ1v) is 8.90. The van der Waals surface area contributed by atoms with E-state index in [2.05, 4.69) is 20.4 Å². The van der Waals surface area contributed by atoms with Crippen LogP contribution in [0.4, 0.5) is 0 Å². The van der Waals surface area contributed by atoms with E-state index >= 15 is 0 Å². The van der Waals surface area contributed by atoms with Gasteiger partial charge in [0.1, 0.15) is 17.0 Å². The fraction of sp³-hybridized carbons (Fsp3) is 0.421. The number of nitrogens with one attached hydrogen (secondary N) is 2. The minimum atomic E-state index is -0.567. The van der Waals surface area contributed by atoms with Crippen molar-refractivity contribution in [1.29, 1.82) is 0 Å². The number of aryl methyl sites for hydroxylation is 1. The minimum Gasteiger partial charge on any atom is -0.497 e. The fourth-order valence-corrected chi connectivity index (χ4v) is 3.69. The lowest BCUT2D eigenvalue weighted by atomic mass is 9.81. The smallest absolute Gasteiger partial charge is 0.268 e. The van der Waals surface area contributed by atoms with Crippen LogP contribution in [0.15, 0.2) is 28.8 Å². The van der Waals surface area contributed by atoms with Crippen molar-refractivity contribution in [3.8, 4) is 5.75 Å². The number of hydrogen-bond donors (Lipinski definition) is 2. The summed E-state index contributed by atoms with van der Waals surface area (Å²) in [5.74, 6) is 1.67. The predicted octanol–water partition coefficient (Wildman–Crippen LogP) is 3.46. The number of aromatic amines is 1. The zero-order valence-electron chi connectivity index (χ0n) is 15.0. The molecule has 2 aromatic heterocycles. The van der Waals surface area contributed by atoms with Gasteiger partial charge in [-0.05, 0) is 31.0 Å². The van der Waals surface area contributed by atoms with Gasteiger partial charge in [0.15, 0.2) is 5.82 Å². The van der Waals surface area contributed by atoms with Crippen molar-refractivity contribution < 1.29 is 14.1 Å². The lowest BCUT2D eigenvalue weighted by Crippen LogP contribution is -2.48. The molecule has 0 aliphatic heterocycles. The highest BCUT2D eigenvalue weighted by Crippen LogP contribution is 2.36. The number of methoxy groups -OCH3 is 1. The van der Waals surface area contributed by atoms with E-state index in [9.17, 15) is 4.79 Å². The highest BCUT2D eigenvalue weighted by Gasteiger charge is 2.40. The van der Waals surface area contributed by atoms with Crippen LogP contribution in [-0.4, -0.2) is 28.1 Å². The van der Waals surface area contributed by atoms with Crippen LogP contribution in [0.2, 0.25) is 0 Å². The van der Waals surface area contributed by atoms with E-state index in [0.717, 1.165) is 48.8 Å². The third kappa shape index (κ3) is 2.94. The third-order valence-corrected chi connectivity index (χ3v) is 5.09. The molecule has 1 fully saturated rings. The van der Waals surface area contributed by atoms with E-state index in [1.54, 1.807) is 14.0 Å². The molecule has 0 atom stereocenters. The number of carbonyl (C=O) groups is 1. The number of nitrogens with zero attached hydrogens (tertiary/aromatic N) is 2. The van der Waals surface area contributed by atoms with Crippen molar-refractivity contribution in [1.82, 2.24) is 20.4 Å². The van der Waals surface area contributed by atoms with Crippen LogP contribution in [0.25, 0.3) is 10.9 Å². The van der Waals surface area contributed by atoms with Crippen molar-refractivity contribution >= 4 is 16.8 Å². The van der Waals surface area contributed by atoms with Crippen LogP contribution in [-0.2, 0) is 5.54 Å². The number of benzene rings is 1. The topological polar surface area (TPSA) is 93.0 Å². The van der Waals surface area contributed by atoms with Crippen LogP contribution in [0, 0.1) is 6.92 Å². The van der Waals surface area contributed by atoms with E-state index in [0.29, 0.717) is 17.4 Å². The van der Waals surface area contributed by atoms with Gasteiger partial charge in [0.25, 0.3) is 5.91 Å². The van der Waals surface area contributed by atoms with Gasteiger partial charge in [-0.15, -0.1) is 0 Å². The summed E-state index contributed by atoms with van der Waals surface area (Å²) in [5.41, 5.74) is 0.809. The zero-order chi connectivity index (χ0) is 18.1. The lowest BCUT2D eigenvalue weighted by Gasteiger charge is -2.35. The molecule has 0 unspecified atom stereocenters. The summed E-state index contributed by atoms with van der Waals surface area (Å²) in [6.07, 6.45) is 4.83. The number of H-pyrrole nitrogens is 1. The Kier molecular flexibility index (Phi) is 4.14. The Bertz CT molecular complexity index is 937. The highest BCUT2D eigenvalue weighted by atomic mass is 16.5. The Morgan fingerprint density at radius 2 is 2.08 bits per heavy atom. The summed E-state index contributed by atoms with van der Waals surface area (Å²) in [5, 5.41) is 8.24. The van der Waals surface area contributed by atoms with Gasteiger partial charge in [-0.25, -0.2) is 0 Å². The molecule has 1 aliphatic carbocycles. The molecule has 3 aromatic rings. The number of ether oxygens (including phenoxy) is 1. The van der Waals surface area contributed by atoms with E-state index in [1.807, 2.05) is 24.3 Å². The Morgan fingerprint density at radius 3 is 2.77 bits per heavy atom. The number of carbonyl (C=O) groups excluding carboxylic acids is 1. The zero-order valence-corrected chi connectivity index (χ0v) is 15.0. The maximum atomic E-state index is 13.0. The van der Waals surface area contributed by atoms with Crippen LogP contribution in [0.3, 0.4) is 0 Å². The monoisotopic (exact) mass is 354 g/mol. The number of amides is 1. The lowest BCUT2D eigenvalue weighted by molar-refractivity contribution is 0.0851. The van der Waals surface area contributed by atoms with Crippen molar-refractivity contribution in [3.63, 3.8) is 0 Å². The summed E-state index contributed by atoms with van der Waals surface area (Å²) >= 11 is 0. The molecule has 0 saturated heterocycles. The standard InChI is InChI=1S/C19H22N4O3/c1-12-20-18(23-26-12)19(8-4-3-5-9-19)22-17(24)16-10-13-6-7-14(25-2)11-15(13)21-16/h6-7,10-11,21H,3-5,8-9H2,1-2H3,(H,22,24). The average molecular weight is 354 g/mol. The van der Waals surface area contributed by atoms with Crippen molar-refractivity contribution in [2.45, 2.75) is 44.6 Å². The molecule has 26 heavy (non-hydrogen) atoms. The van der Waals surface area contributed by atoms with Gasteiger partial charge in [-0.2, -0.15) is 4.98 Å². The van der Waals surface area contributed by atoms with Gasteiger partial charge in [0.05, 0.1) is 7.11 Å². The van der Waals surface area contributed by atoms with Gasteiger partial charge in [0.2, 0.25) is 5.89 Å². The van der Waals surface area contributed by atoms with Gasteiger partial charge in [0, 0.05) is 23.9 Å².